The van der Waals surface area contributed by atoms with Crippen LogP contribution in [0.4, 0.5) is 0 Å². The molecular formula is C19H21ClN2O2. The van der Waals surface area contributed by atoms with Gasteiger partial charge in [-0.15, -0.1) is 0 Å². The van der Waals surface area contributed by atoms with E-state index in [1.807, 2.05) is 24.3 Å². The molecule has 1 atom stereocenters. The number of piperazine rings is 1. The Labute approximate surface area is 147 Å². The highest BCUT2D eigenvalue weighted by Gasteiger charge is 2.25. The first-order chi connectivity index (χ1) is 11.5. The molecule has 1 aliphatic rings. The number of hydrogen-bond acceptors (Lipinski definition) is 3. The third-order valence-corrected chi connectivity index (χ3v) is 4.81. The normalized spacial score (nSPS) is 17.6. The van der Waals surface area contributed by atoms with Gasteiger partial charge in [-0.25, -0.2) is 4.79 Å². The quantitative estimate of drug-likeness (QED) is 0.923. The number of benzene rings is 2. The van der Waals surface area contributed by atoms with Gasteiger partial charge in [-0.05, 0) is 42.4 Å². The van der Waals surface area contributed by atoms with Crippen molar-refractivity contribution in [3.05, 3.63) is 70.2 Å². The molecule has 5 heteroatoms. The zero-order valence-corrected chi connectivity index (χ0v) is 14.4. The van der Waals surface area contributed by atoms with Gasteiger partial charge in [0, 0.05) is 31.2 Å². The highest BCUT2D eigenvalue weighted by atomic mass is 35.5. The van der Waals surface area contributed by atoms with Crippen molar-refractivity contribution in [2.45, 2.75) is 6.04 Å². The topological polar surface area (TPSA) is 43.8 Å². The molecule has 0 aromatic heterocycles. The van der Waals surface area contributed by atoms with Crippen LogP contribution in [0.1, 0.15) is 27.5 Å². The molecule has 0 amide bonds. The van der Waals surface area contributed by atoms with Crippen LogP contribution >= 0.6 is 11.6 Å². The predicted molar refractivity (Wildman–Crippen MR) is 95.8 cm³/mol. The molecule has 1 aliphatic heterocycles. The van der Waals surface area contributed by atoms with Crippen LogP contribution in [0.15, 0.2) is 48.5 Å². The van der Waals surface area contributed by atoms with Gasteiger partial charge in [-0.2, -0.15) is 0 Å². The fraction of sp³-hybridized carbons (Fsp3) is 0.316. The van der Waals surface area contributed by atoms with Crippen molar-refractivity contribution < 1.29 is 9.90 Å². The maximum atomic E-state index is 11.1. The number of likely N-dealkylation sites (N-methyl/N-ethyl adjacent to an activating group) is 1. The SMILES string of the molecule is CN1CCN(C(c2ccc(Cl)cc2)c2ccc(C(=O)O)cc2)CC1. The summed E-state index contributed by atoms with van der Waals surface area (Å²) in [7, 11) is 2.14. The number of nitrogens with zero attached hydrogens (tertiary/aromatic N) is 2. The van der Waals surface area contributed by atoms with Gasteiger partial charge in [0.25, 0.3) is 0 Å². The van der Waals surface area contributed by atoms with Crippen LogP contribution in [0.2, 0.25) is 5.02 Å². The Morgan fingerprint density at radius 1 is 0.958 bits per heavy atom. The second-order valence-corrected chi connectivity index (χ2v) is 6.66. The number of carboxylic acid groups (broad SMARTS) is 1. The average Bonchev–Trinajstić information content (AvgIpc) is 2.59. The van der Waals surface area contributed by atoms with E-state index >= 15 is 0 Å². The van der Waals surface area contributed by atoms with Gasteiger partial charge < -0.3 is 10.0 Å². The molecule has 24 heavy (non-hydrogen) atoms. The summed E-state index contributed by atoms with van der Waals surface area (Å²) in [5.74, 6) is -0.899. The first-order valence-corrected chi connectivity index (χ1v) is 8.44. The van der Waals surface area contributed by atoms with E-state index in [-0.39, 0.29) is 6.04 Å². The van der Waals surface area contributed by atoms with E-state index in [1.54, 1.807) is 12.1 Å². The van der Waals surface area contributed by atoms with Crippen LogP contribution < -0.4 is 0 Å². The van der Waals surface area contributed by atoms with E-state index in [0.29, 0.717) is 5.56 Å². The summed E-state index contributed by atoms with van der Waals surface area (Å²) < 4.78 is 0. The molecule has 0 bridgehead atoms. The van der Waals surface area contributed by atoms with E-state index in [4.69, 9.17) is 16.7 Å². The first-order valence-electron chi connectivity index (χ1n) is 8.06. The van der Waals surface area contributed by atoms with Crippen LogP contribution in [-0.4, -0.2) is 54.1 Å². The minimum Gasteiger partial charge on any atom is -0.478 e. The van der Waals surface area contributed by atoms with Crippen LogP contribution in [0.25, 0.3) is 0 Å². The fourth-order valence-electron chi connectivity index (χ4n) is 3.15. The van der Waals surface area contributed by atoms with Gasteiger partial charge in [-0.3, -0.25) is 4.90 Å². The zero-order valence-electron chi connectivity index (χ0n) is 13.7. The Morgan fingerprint density at radius 2 is 1.46 bits per heavy atom. The molecule has 0 saturated carbocycles. The van der Waals surface area contributed by atoms with Crippen molar-refractivity contribution in [3.8, 4) is 0 Å². The molecule has 1 unspecified atom stereocenters. The maximum Gasteiger partial charge on any atom is 0.335 e. The van der Waals surface area contributed by atoms with Gasteiger partial charge in [-0.1, -0.05) is 35.9 Å². The Kier molecular flexibility index (Phi) is 5.19. The monoisotopic (exact) mass is 344 g/mol. The number of rotatable bonds is 4. The molecule has 2 aromatic rings. The van der Waals surface area contributed by atoms with Crippen molar-refractivity contribution in [1.82, 2.24) is 9.80 Å². The molecule has 1 heterocycles. The van der Waals surface area contributed by atoms with Crippen molar-refractivity contribution in [2.75, 3.05) is 33.2 Å². The van der Waals surface area contributed by atoms with Crippen molar-refractivity contribution in [1.29, 1.82) is 0 Å². The second-order valence-electron chi connectivity index (χ2n) is 6.22. The number of carbonyl (C=O) groups is 1. The van der Waals surface area contributed by atoms with Crippen LogP contribution in [0, 0.1) is 0 Å². The molecule has 1 N–H and O–H groups in total. The smallest absolute Gasteiger partial charge is 0.335 e. The molecule has 3 rings (SSSR count). The zero-order chi connectivity index (χ0) is 17.1. The molecule has 0 aliphatic carbocycles. The molecule has 2 aromatic carbocycles. The largest absolute Gasteiger partial charge is 0.478 e. The van der Waals surface area contributed by atoms with Crippen LogP contribution in [0.3, 0.4) is 0 Å². The molecule has 4 nitrogen and oxygen atoms in total. The third-order valence-electron chi connectivity index (χ3n) is 4.56. The molecular weight excluding hydrogens is 324 g/mol. The summed E-state index contributed by atoms with van der Waals surface area (Å²) in [5, 5.41) is 9.83. The average molecular weight is 345 g/mol. The summed E-state index contributed by atoms with van der Waals surface area (Å²) in [6, 6.07) is 15.2. The summed E-state index contributed by atoms with van der Waals surface area (Å²) in [6.45, 7) is 4.00. The Hall–Kier alpha value is -1.88. The Morgan fingerprint density at radius 3 is 1.96 bits per heavy atom. The maximum absolute atomic E-state index is 11.1. The summed E-state index contributed by atoms with van der Waals surface area (Å²) in [6.07, 6.45) is 0. The number of carboxylic acids is 1. The molecule has 126 valence electrons. The fourth-order valence-corrected chi connectivity index (χ4v) is 3.27. The number of aromatic carboxylic acids is 1. The van der Waals surface area contributed by atoms with E-state index < -0.39 is 5.97 Å². The lowest BCUT2D eigenvalue weighted by atomic mass is 9.95. The van der Waals surface area contributed by atoms with E-state index in [9.17, 15) is 4.79 Å². The Bertz CT molecular complexity index is 692. The van der Waals surface area contributed by atoms with Gasteiger partial charge in [0.15, 0.2) is 0 Å². The van der Waals surface area contributed by atoms with Crippen LogP contribution in [-0.2, 0) is 0 Å². The van der Waals surface area contributed by atoms with E-state index in [0.717, 1.165) is 36.8 Å². The second kappa shape index (κ2) is 7.34. The minimum absolute atomic E-state index is 0.110. The lowest BCUT2D eigenvalue weighted by Crippen LogP contribution is -2.46. The highest BCUT2D eigenvalue weighted by molar-refractivity contribution is 6.30. The van der Waals surface area contributed by atoms with Gasteiger partial charge in [0.2, 0.25) is 0 Å². The lowest BCUT2D eigenvalue weighted by Gasteiger charge is -2.38. The lowest BCUT2D eigenvalue weighted by molar-refractivity contribution is 0.0697. The van der Waals surface area contributed by atoms with E-state index in [1.165, 1.54) is 5.56 Å². The third kappa shape index (κ3) is 3.78. The number of halogens is 1. The minimum atomic E-state index is -0.899. The van der Waals surface area contributed by atoms with Crippen molar-refractivity contribution in [3.63, 3.8) is 0 Å². The first kappa shape index (κ1) is 17.0. The van der Waals surface area contributed by atoms with Gasteiger partial charge in [0.05, 0.1) is 11.6 Å². The predicted octanol–water partition coefficient (Wildman–Crippen LogP) is 3.38. The van der Waals surface area contributed by atoms with Crippen molar-refractivity contribution >= 4 is 17.6 Å². The van der Waals surface area contributed by atoms with Gasteiger partial charge in [0.1, 0.15) is 0 Å². The number of hydrogen-bond donors (Lipinski definition) is 1. The van der Waals surface area contributed by atoms with Gasteiger partial charge >= 0.3 is 5.97 Å². The molecule has 0 radical (unpaired) electrons. The highest BCUT2D eigenvalue weighted by Crippen LogP contribution is 2.30. The summed E-state index contributed by atoms with van der Waals surface area (Å²) >= 11 is 6.04. The van der Waals surface area contributed by atoms with E-state index in [2.05, 4.69) is 29.0 Å². The van der Waals surface area contributed by atoms with Crippen molar-refractivity contribution in [2.24, 2.45) is 0 Å². The summed E-state index contributed by atoms with van der Waals surface area (Å²) in [4.78, 5) is 15.9. The van der Waals surface area contributed by atoms with Crippen LogP contribution in [0.5, 0.6) is 0 Å². The standard InChI is InChI=1S/C19H21ClN2O2/c1-21-10-12-22(13-11-21)18(15-6-8-17(20)9-7-15)14-2-4-16(5-3-14)19(23)24/h2-9,18H,10-13H2,1H3,(H,23,24). The molecule has 1 saturated heterocycles. The summed E-state index contributed by atoms with van der Waals surface area (Å²) in [5.41, 5.74) is 2.59. The molecule has 1 fully saturated rings. The molecule has 0 spiro atoms. The Balaban J connectivity index is 1.94.